The Balaban J connectivity index is 1.80. The van der Waals surface area contributed by atoms with Crippen LogP contribution >= 0.6 is 0 Å². The Bertz CT molecular complexity index is 1130. The van der Waals surface area contributed by atoms with Gasteiger partial charge < -0.3 is 24.3 Å². The number of ether oxygens (including phenoxy) is 4. The Kier molecular flexibility index (Phi) is 15.2. The number of hydrogen-bond donors (Lipinski definition) is 3. The molecule has 0 saturated heterocycles. The SMILES string of the molecule is COC(=O)C(NC(=O)CCCCCCN=C(NC(=O)OCc1ccccc1)NC(=O)OCc1ccccc1)OC(C)=O. The molecular formula is C29H36N4O9. The average Bonchev–Trinajstić information content (AvgIpc) is 2.98. The molecule has 0 radical (unpaired) electrons. The lowest BCUT2D eigenvalue weighted by molar-refractivity contribution is -0.168. The van der Waals surface area contributed by atoms with Crippen molar-refractivity contribution in [2.75, 3.05) is 13.7 Å². The maximum absolute atomic E-state index is 12.3. The third kappa shape index (κ3) is 14.4. The van der Waals surface area contributed by atoms with Crippen LogP contribution in [0.5, 0.6) is 0 Å². The third-order valence-electron chi connectivity index (χ3n) is 5.44. The number of benzene rings is 2. The van der Waals surface area contributed by atoms with E-state index in [0.29, 0.717) is 25.7 Å². The lowest BCUT2D eigenvalue weighted by Crippen LogP contribution is -2.44. The summed E-state index contributed by atoms with van der Waals surface area (Å²) in [7, 11) is 1.12. The minimum absolute atomic E-state index is 0.0350. The first-order valence-electron chi connectivity index (χ1n) is 13.3. The van der Waals surface area contributed by atoms with Crippen LogP contribution in [0.1, 0.15) is 50.2 Å². The first-order chi connectivity index (χ1) is 20.3. The van der Waals surface area contributed by atoms with Crippen molar-refractivity contribution in [3.63, 3.8) is 0 Å². The Hall–Kier alpha value is -4.94. The van der Waals surface area contributed by atoms with Crippen molar-refractivity contribution in [1.29, 1.82) is 0 Å². The number of esters is 2. The fourth-order valence-corrected chi connectivity index (χ4v) is 3.39. The molecule has 13 nitrogen and oxygen atoms in total. The molecule has 1 atom stereocenters. The molecule has 0 aromatic heterocycles. The Labute approximate surface area is 243 Å². The van der Waals surface area contributed by atoms with Gasteiger partial charge in [0.05, 0.1) is 7.11 Å². The van der Waals surface area contributed by atoms with E-state index in [1.54, 1.807) is 0 Å². The van der Waals surface area contributed by atoms with Gasteiger partial charge in [0, 0.05) is 19.9 Å². The highest BCUT2D eigenvalue weighted by Gasteiger charge is 2.24. The van der Waals surface area contributed by atoms with Crippen LogP contribution < -0.4 is 16.0 Å². The van der Waals surface area contributed by atoms with E-state index in [1.165, 1.54) is 0 Å². The van der Waals surface area contributed by atoms with Crippen LogP contribution in [0, 0.1) is 0 Å². The molecule has 3 amide bonds. The van der Waals surface area contributed by atoms with E-state index < -0.39 is 36.3 Å². The molecule has 0 fully saturated rings. The Morgan fingerprint density at radius 3 is 1.79 bits per heavy atom. The number of rotatable bonds is 14. The third-order valence-corrected chi connectivity index (χ3v) is 5.44. The second-order valence-corrected chi connectivity index (χ2v) is 8.85. The Morgan fingerprint density at radius 2 is 1.29 bits per heavy atom. The molecule has 1 unspecified atom stereocenters. The van der Waals surface area contributed by atoms with Crippen LogP contribution in [0.2, 0.25) is 0 Å². The summed E-state index contributed by atoms with van der Waals surface area (Å²) < 4.78 is 19.7. The van der Waals surface area contributed by atoms with Gasteiger partial charge in [-0.1, -0.05) is 73.5 Å². The molecule has 226 valence electrons. The van der Waals surface area contributed by atoms with Crippen molar-refractivity contribution in [3.8, 4) is 0 Å². The second-order valence-electron chi connectivity index (χ2n) is 8.85. The lowest BCUT2D eigenvalue weighted by Gasteiger charge is -2.15. The lowest BCUT2D eigenvalue weighted by atomic mass is 10.1. The molecule has 0 saturated carbocycles. The van der Waals surface area contributed by atoms with Crippen molar-refractivity contribution in [1.82, 2.24) is 16.0 Å². The molecule has 2 rings (SSSR count). The van der Waals surface area contributed by atoms with Gasteiger partial charge in [-0.2, -0.15) is 0 Å². The van der Waals surface area contributed by atoms with Gasteiger partial charge in [0.1, 0.15) is 13.2 Å². The second kappa shape index (κ2) is 19.2. The van der Waals surface area contributed by atoms with Gasteiger partial charge in [-0.25, -0.2) is 14.4 Å². The fraction of sp³-hybridized carbons (Fsp3) is 0.379. The predicted octanol–water partition coefficient (Wildman–Crippen LogP) is 3.32. The zero-order valence-electron chi connectivity index (χ0n) is 23.6. The molecule has 13 heteroatoms. The molecule has 0 spiro atoms. The van der Waals surface area contributed by atoms with E-state index in [4.69, 9.17) is 14.2 Å². The zero-order valence-corrected chi connectivity index (χ0v) is 23.6. The van der Waals surface area contributed by atoms with E-state index in [1.807, 2.05) is 60.7 Å². The first-order valence-corrected chi connectivity index (χ1v) is 13.3. The van der Waals surface area contributed by atoms with Gasteiger partial charge >= 0.3 is 24.1 Å². The summed E-state index contributed by atoms with van der Waals surface area (Å²) >= 11 is 0. The molecule has 2 aromatic carbocycles. The van der Waals surface area contributed by atoms with Crippen molar-refractivity contribution in [2.45, 2.75) is 58.5 Å². The predicted molar refractivity (Wildman–Crippen MR) is 151 cm³/mol. The number of carbonyl (C=O) groups excluding carboxylic acids is 5. The van der Waals surface area contributed by atoms with Crippen molar-refractivity contribution in [3.05, 3.63) is 71.8 Å². The van der Waals surface area contributed by atoms with E-state index >= 15 is 0 Å². The summed E-state index contributed by atoms with van der Waals surface area (Å²) in [6.45, 7) is 1.44. The molecule has 3 N–H and O–H groups in total. The van der Waals surface area contributed by atoms with Crippen LogP contribution in [-0.4, -0.2) is 55.9 Å². The van der Waals surface area contributed by atoms with Crippen LogP contribution in [-0.2, 0) is 46.5 Å². The van der Waals surface area contributed by atoms with Crippen LogP contribution in [0.3, 0.4) is 0 Å². The quantitative estimate of drug-likeness (QED) is 0.0752. The summed E-state index contributed by atoms with van der Waals surface area (Å²) in [4.78, 5) is 63.7. The highest BCUT2D eigenvalue weighted by molar-refractivity contribution is 6.01. The van der Waals surface area contributed by atoms with Crippen LogP contribution in [0.25, 0.3) is 0 Å². The van der Waals surface area contributed by atoms with E-state index in [0.717, 1.165) is 25.2 Å². The van der Waals surface area contributed by atoms with E-state index in [2.05, 4.69) is 25.7 Å². The summed E-state index contributed by atoms with van der Waals surface area (Å²) in [6.07, 6.45) is -0.551. The van der Waals surface area contributed by atoms with Gasteiger partial charge in [-0.15, -0.1) is 0 Å². The number of hydrogen-bond acceptors (Lipinski definition) is 10. The molecule has 42 heavy (non-hydrogen) atoms. The van der Waals surface area contributed by atoms with Gasteiger partial charge in [0.2, 0.25) is 11.9 Å². The summed E-state index contributed by atoms with van der Waals surface area (Å²) in [5.74, 6) is -2.21. The van der Waals surface area contributed by atoms with Gasteiger partial charge in [0.25, 0.3) is 6.23 Å². The molecule has 0 aliphatic carbocycles. The van der Waals surface area contributed by atoms with Crippen LogP contribution in [0.15, 0.2) is 65.7 Å². The molecule has 0 heterocycles. The monoisotopic (exact) mass is 584 g/mol. The number of carbonyl (C=O) groups is 5. The number of nitrogens with one attached hydrogen (secondary N) is 3. The maximum Gasteiger partial charge on any atom is 0.414 e. The molecular weight excluding hydrogens is 548 g/mol. The minimum atomic E-state index is -1.49. The topological polar surface area (TPSA) is 171 Å². The fourth-order valence-electron chi connectivity index (χ4n) is 3.39. The highest BCUT2D eigenvalue weighted by Crippen LogP contribution is 2.05. The Morgan fingerprint density at radius 1 is 0.762 bits per heavy atom. The maximum atomic E-state index is 12.3. The van der Waals surface area contributed by atoms with Crippen LogP contribution in [0.4, 0.5) is 9.59 Å². The zero-order chi connectivity index (χ0) is 30.6. The van der Waals surface area contributed by atoms with Gasteiger partial charge in [-0.3, -0.25) is 25.2 Å². The number of aliphatic imine (C=N–C) groups is 1. The standard InChI is InChI=1S/C29H36N4O9/c1-21(34)42-25(26(36)39-2)31-24(35)17-11-3-4-12-18-30-27(32-28(37)40-19-22-13-7-5-8-14-22)33-29(38)41-20-23-15-9-6-10-16-23/h5-10,13-16,25H,3-4,11-12,17-20H2,1-2H3,(H,31,35)(H2,30,32,33,37,38). The highest BCUT2D eigenvalue weighted by atomic mass is 16.6. The van der Waals surface area contributed by atoms with E-state index in [9.17, 15) is 24.0 Å². The van der Waals surface area contributed by atoms with Gasteiger partial charge in [-0.05, 0) is 24.0 Å². The van der Waals surface area contributed by atoms with Crippen molar-refractivity contribution < 1.29 is 42.9 Å². The average molecular weight is 585 g/mol. The summed E-state index contributed by atoms with van der Waals surface area (Å²) in [5.41, 5.74) is 1.59. The van der Waals surface area contributed by atoms with Crippen molar-refractivity contribution in [2.24, 2.45) is 4.99 Å². The molecule has 0 aliphatic heterocycles. The summed E-state index contributed by atoms with van der Waals surface area (Å²) in [5, 5.41) is 7.17. The molecule has 0 bridgehead atoms. The molecule has 2 aromatic rings. The number of amides is 3. The van der Waals surface area contributed by atoms with Gasteiger partial charge in [0.15, 0.2) is 0 Å². The minimum Gasteiger partial charge on any atom is -0.465 e. The number of nitrogens with zero attached hydrogens (tertiary/aromatic N) is 1. The number of guanidine groups is 1. The number of unbranched alkanes of at least 4 members (excludes halogenated alkanes) is 3. The number of alkyl carbamates (subject to hydrolysis) is 2. The van der Waals surface area contributed by atoms with Crippen molar-refractivity contribution >= 4 is 36.0 Å². The summed E-state index contributed by atoms with van der Waals surface area (Å²) in [6, 6.07) is 18.2. The largest absolute Gasteiger partial charge is 0.465 e. The first kappa shape index (κ1) is 33.3. The normalized spacial score (nSPS) is 10.8. The molecule has 0 aliphatic rings. The number of methoxy groups -OCH3 is 1. The van der Waals surface area contributed by atoms with E-state index in [-0.39, 0.29) is 32.1 Å². The smallest absolute Gasteiger partial charge is 0.414 e.